The average Bonchev–Trinajstić information content (AvgIpc) is 0.861. The van der Waals surface area contributed by atoms with E-state index in [-0.39, 0.29) is 0 Å². The molecule has 21 rings (SSSR count). The van der Waals surface area contributed by atoms with Crippen LogP contribution in [0.15, 0.2) is 470 Å². The molecule has 644 valence electrons. The molecule has 0 aliphatic carbocycles. The van der Waals surface area contributed by atoms with Crippen molar-refractivity contribution in [1.29, 1.82) is 0 Å². The highest BCUT2D eigenvalue weighted by molar-refractivity contribution is 5.77. The summed E-state index contributed by atoms with van der Waals surface area (Å²) in [5.41, 5.74) is 39.5. The lowest BCUT2D eigenvalue weighted by molar-refractivity contribution is 1.25. The van der Waals surface area contributed by atoms with Gasteiger partial charge in [-0.15, -0.1) is 0 Å². The van der Waals surface area contributed by atoms with Crippen LogP contribution in [0.1, 0.15) is 38.9 Å². The first-order valence-corrected chi connectivity index (χ1v) is 43.8. The summed E-state index contributed by atoms with van der Waals surface area (Å²) >= 11 is 0. The van der Waals surface area contributed by atoms with E-state index in [1.807, 2.05) is 196 Å². The number of pyridine rings is 14. The van der Waals surface area contributed by atoms with Crippen LogP contribution in [0.4, 0.5) is 0 Å². The van der Waals surface area contributed by atoms with E-state index >= 15 is 0 Å². The first-order chi connectivity index (χ1) is 65.3. The Kier molecular flexibility index (Phi) is 31.5. The maximum Gasteiger partial charge on any atom is 0.0892 e. The first-order valence-electron chi connectivity index (χ1n) is 43.8. The zero-order valence-electron chi connectivity index (χ0n) is 75.2. The van der Waals surface area contributed by atoms with Crippen LogP contribution in [0.5, 0.6) is 0 Å². The van der Waals surface area contributed by atoms with E-state index in [0.717, 1.165) is 123 Å². The maximum absolute atomic E-state index is 4.45. The summed E-state index contributed by atoms with van der Waals surface area (Å²) in [5, 5.41) is 0. The summed E-state index contributed by atoms with van der Waals surface area (Å²) in [6, 6.07) is 114. The third kappa shape index (κ3) is 26.4. The van der Waals surface area contributed by atoms with E-state index in [1.165, 1.54) is 72.3 Å². The topological polar surface area (TPSA) is 180 Å². The molecule has 0 saturated carbocycles. The van der Waals surface area contributed by atoms with E-state index in [9.17, 15) is 0 Å². The number of hydrogen-bond donors (Lipinski definition) is 0. The van der Waals surface area contributed by atoms with Crippen molar-refractivity contribution in [2.24, 2.45) is 0 Å². The van der Waals surface area contributed by atoms with Crippen LogP contribution in [0.25, 0.3) is 157 Å². The number of aromatic nitrogens is 14. The van der Waals surface area contributed by atoms with Gasteiger partial charge in [-0.3, -0.25) is 69.8 Å². The van der Waals surface area contributed by atoms with Crippen molar-refractivity contribution >= 4 is 0 Å². The molecule has 21 aromatic rings. The van der Waals surface area contributed by atoms with Crippen LogP contribution in [0.2, 0.25) is 0 Å². The predicted molar refractivity (Wildman–Crippen MR) is 543 cm³/mol. The third-order valence-electron chi connectivity index (χ3n) is 21.7. The summed E-state index contributed by atoms with van der Waals surface area (Å²) in [6.07, 6.45) is 40.3. The second-order valence-corrected chi connectivity index (χ2v) is 31.8. The van der Waals surface area contributed by atoms with E-state index < -0.39 is 0 Å². The Labute approximate surface area is 778 Å². The van der Waals surface area contributed by atoms with Crippen LogP contribution >= 0.6 is 0 Å². The van der Waals surface area contributed by atoms with Crippen molar-refractivity contribution in [3.05, 3.63) is 509 Å². The van der Waals surface area contributed by atoms with Crippen LogP contribution < -0.4 is 0 Å². The molecular formula is C119H98N14. The fourth-order valence-electron chi connectivity index (χ4n) is 14.2. The van der Waals surface area contributed by atoms with Gasteiger partial charge in [0.2, 0.25) is 0 Å². The van der Waals surface area contributed by atoms with Gasteiger partial charge in [-0.05, 0) is 249 Å². The number of benzene rings is 7. The lowest BCUT2D eigenvalue weighted by Crippen LogP contribution is -1.87. The summed E-state index contributed by atoms with van der Waals surface area (Å²) in [5.74, 6) is 0. The summed E-state index contributed by atoms with van der Waals surface area (Å²) < 4.78 is 0. The molecule has 14 aromatic heterocycles. The van der Waals surface area contributed by atoms with Gasteiger partial charge in [0.1, 0.15) is 0 Å². The van der Waals surface area contributed by atoms with Gasteiger partial charge in [0, 0.05) is 198 Å². The Morgan fingerprint density at radius 2 is 0.346 bits per heavy atom. The van der Waals surface area contributed by atoms with Crippen molar-refractivity contribution in [3.63, 3.8) is 0 Å². The zero-order chi connectivity index (χ0) is 91.6. The van der Waals surface area contributed by atoms with Gasteiger partial charge >= 0.3 is 0 Å². The van der Waals surface area contributed by atoms with Crippen LogP contribution in [-0.4, -0.2) is 69.8 Å². The number of nitrogens with zero attached hydrogens (tertiary/aromatic N) is 14. The molecule has 0 aliphatic heterocycles. The highest BCUT2D eigenvalue weighted by Gasteiger charge is 2.12. The molecule has 0 saturated heterocycles. The Hall–Kier alpha value is -17.4. The van der Waals surface area contributed by atoms with Crippen LogP contribution in [0.3, 0.4) is 0 Å². The van der Waals surface area contributed by atoms with Crippen molar-refractivity contribution in [2.45, 2.75) is 48.5 Å². The number of hydrogen-bond acceptors (Lipinski definition) is 14. The predicted octanol–water partition coefficient (Wildman–Crippen LogP) is 28.8. The molecule has 14 heterocycles. The molecule has 0 amide bonds. The van der Waals surface area contributed by atoms with E-state index in [4.69, 9.17) is 0 Å². The lowest BCUT2D eigenvalue weighted by Gasteiger charge is -2.05. The highest BCUT2D eigenvalue weighted by Crippen LogP contribution is 2.33. The normalized spacial score (nSPS) is 10.4. The van der Waals surface area contributed by atoms with Crippen LogP contribution in [-0.2, 0) is 0 Å². The molecule has 0 fully saturated rings. The molecule has 0 radical (unpaired) electrons. The fourth-order valence-corrected chi connectivity index (χ4v) is 14.2. The van der Waals surface area contributed by atoms with Crippen molar-refractivity contribution in [2.75, 3.05) is 0 Å². The standard InChI is InChI=1S/7C17H14N2/c1-13-2-4-15(5-3-13)17-12-16(8-11-19-17)14-6-9-18-10-7-14;1-13-2-4-14(5-3-13)16-10-17(12-19-11-16)15-6-8-18-9-7-15;1-13-4-6-14(7-5-13)17-11-15(8-10-19-17)16-3-2-9-18-12-16;1-13-4-6-14(7-5-13)15-8-10-19-17(11-15)16-3-2-9-18-12-16;1-13-4-6-14(7-5-13)16-9-17(12-19-11-16)15-3-2-8-18-10-15;1-13-5-7-14(8-6-13)15-9-11-19-17(12-15)16-4-2-3-10-18-16;1-13-5-7-14(8-6-13)15-10-16(12-18-11-15)17-4-2-3-9-19-17/h7*2-12H,1H3. The third-order valence-corrected chi connectivity index (χ3v) is 21.7. The molecule has 7 aromatic carbocycles. The number of aryl methyl sites for hydroxylation is 7. The molecule has 14 nitrogen and oxygen atoms in total. The minimum absolute atomic E-state index is 0.900. The van der Waals surface area contributed by atoms with Crippen LogP contribution in [0, 0.1) is 48.5 Å². The Balaban J connectivity index is 0.000000118. The van der Waals surface area contributed by atoms with E-state index in [2.05, 4.69) is 337 Å². The van der Waals surface area contributed by atoms with Gasteiger partial charge in [0.15, 0.2) is 0 Å². The van der Waals surface area contributed by atoms with Gasteiger partial charge in [-0.2, -0.15) is 0 Å². The molecule has 0 N–H and O–H groups in total. The molecule has 0 atom stereocenters. The fraction of sp³-hybridized carbons (Fsp3) is 0.0588. The average molecular weight is 1720 g/mol. The van der Waals surface area contributed by atoms with E-state index in [0.29, 0.717) is 0 Å². The van der Waals surface area contributed by atoms with Gasteiger partial charge in [-0.25, -0.2) is 0 Å². The molecule has 0 bridgehead atoms. The Morgan fingerprint density at radius 3 is 0.677 bits per heavy atom. The Bertz CT molecular complexity index is 5940. The zero-order valence-corrected chi connectivity index (χ0v) is 75.2. The second kappa shape index (κ2) is 46.4. The highest BCUT2D eigenvalue weighted by atomic mass is 14.8. The van der Waals surface area contributed by atoms with E-state index in [1.54, 1.807) is 55.8 Å². The van der Waals surface area contributed by atoms with Crippen molar-refractivity contribution < 1.29 is 0 Å². The monoisotopic (exact) mass is 1720 g/mol. The number of rotatable bonds is 14. The molecule has 0 unspecified atom stereocenters. The summed E-state index contributed by atoms with van der Waals surface area (Å²) in [7, 11) is 0. The molecular weight excluding hydrogens is 1630 g/mol. The molecule has 0 spiro atoms. The quantitative estimate of drug-likeness (QED) is 0.100. The van der Waals surface area contributed by atoms with Crippen molar-refractivity contribution in [1.82, 2.24) is 69.8 Å². The van der Waals surface area contributed by atoms with Gasteiger partial charge in [0.25, 0.3) is 0 Å². The second-order valence-electron chi connectivity index (χ2n) is 31.8. The lowest BCUT2D eigenvalue weighted by atomic mass is 10.0. The minimum atomic E-state index is 0.900. The maximum atomic E-state index is 4.45. The molecule has 133 heavy (non-hydrogen) atoms. The van der Waals surface area contributed by atoms with Gasteiger partial charge < -0.3 is 0 Å². The minimum Gasteiger partial charge on any atom is -0.265 e. The summed E-state index contributed by atoms with van der Waals surface area (Å²) in [6.45, 7) is 14.6. The smallest absolute Gasteiger partial charge is 0.0892 e. The largest absolute Gasteiger partial charge is 0.265 e. The summed E-state index contributed by atoms with van der Waals surface area (Å²) in [4.78, 5) is 59.9. The molecule has 14 heteroatoms. The van der Waals surface area contributed by atoms with Gasteiger partial charge in [0.05, 0.1) is 34.2 Å². The first kappa shape index (κ1) is 90.4. The Morgan fingerprint density at radius 1 is 0.113 bits per heavy atom. The SMILES string of the molecule is Cc1ccc(-c2cc(-c3cccnc3)ccn2)cc1.Cc1ccc(-c2cc(-c3ccncc3)ccn2)cc1.Cc1ccc(-c2ccnc(-c3ccccn3)c2)cc1.Cc1ccc(-c2ccnc(-c3cccnc3)c2)cc1.Cc1ccc(-c2cncc(-c3ccccn3)c2)cc1.Cc1ccc(-c2cncc(-c3cccnc3)c2)cc1.Cc1ccc(-c2cncc(-c3ccncc3)c2)cc1. The van der Waals surface area contributed by atoms with Crippen molar-refractivity contribution in [3.8, 4) is 157 Å². The van der Waals surface area contributed by atoms with Gasteiger partial charge in [-0.1, -0.05) is 233 Å². The molecule has 0 aliphatic rings.